The van der Waals surface area contributed by atoms with Crippen LogP contribution in [0.3, 0.4) is 0 Å². The number of H-pyrrole nitrogens is 2. The number of hydrogen-bond acceptors (Lipinski definition) is 6. The molecule has 168 valence electrons. The highest BCUT2D eigenvalue weighted by atomic mass is 79.9. The predicted octanol–water partition coefficient (Wildman–Crippen LogP) is 4.08. The van der Waals surface area contributed by atoms with Crippen LogP contribution in [-0.2, 0) is 0 Å². The van der Waals surface area contributed by atoms with Crippen LogP contribution in [0.4, 0.5) is 0 Å². The van der Waals surface area contributed by atoms with Gasteiger partial charge in [0.2, 0.25) is 0 Å². The average Bonchev–Trinajstić information content (AvgIpc) is 3.51. The van der Waals surface area contributed by atoms with Gasteiger partial charge in [-0.15, -0.1) is 10.2 Å². The van der Waals surface area contributed by atoms with E-state index in [1.807, 2.05) is 66.7 Å². The van der Waals surface area contributed by atoms with Gasteiger partial charge < -0.3 is 10.0 Å². The van der Waals surface area contributed by atoms with Crippen LogP contribution in [0.15, 0.2) is 100 Å². The highest BCUT2D eigenvalue weighted by Crippen LogP contribution is 2.27. The Kier molecular flexibility index (Phi) is 9.51. The summed E-state index contributed by atoms with van der Waals surface area (Å²) in [6.45, 7) is 0. The third-order valence-electron chi connectivity index (χ3n) is 4.21. The molecule has 0 fully saturated rings. The van der Waals surface area contributed by atoms with E-state index in [0.717, 1.165) is 22.5 Å². The first-order valence-corrected chi connectivity index (χ1v) is 11.3. The Morgan fingerprint density at radius 1 is 0.576 bits per heavy atom. The van der Waals surface area contributed by atoms with E-state index in [0.29, 0.717) is 14.7 Å². The zero-order valence-corrected chi connectivity index (χ0v) is 20.3. The number of aromatic nitrogens is 6. The van der Waals surface area contributed by atoms with Gasteiger partial charge >= 0.3 is 7.12 Å². The molecule has 0 atom stereocenters. The number of halogens is 2. The first-order valence-electron chi connectivity index (χ1n) is 9.70. The number of aromatic amines is 2. The maximum Gasteiger partial charge on any atom is 0.488 e. The molecule has 11 heteroatoms. The van der Waals surface area contributed by atoms with Gasteiger partial charge in [0.05, 0.1) is 0 Å². The first kappa shape index (κ1) is 24.5. The number of hydrogen-bond donors (Lipinski definition) is 4. The van der Waals surface area contributed by atoms with Crippen molar-refractivity contribution >= 4 is 44.4 Å². The maximum absolute atomic E-state index is 8.58. The fourth-order valence-corrected chi connectivity index (χ4v) is 2.99. The fraction of sp³-hybridized carbons (Fsp3) is 0. The van der Waals surface area contributed by atoms with Gasteiger partial charge in [-0.2, -0.15) is 20.6 Å². The SMILES string of the molecule is Brc1n[nH]nc1Br.OB(O)c1ccccc1.[2HH].c1ccc(-c2n[nH]nc2-c2ccccc2)cc1. The molecule has 0 amide bonds. The van der Waals surface area contributed by atoms with E-state index in [1.165, 1.54) is 0 Å². The van der Waals surface area contributed by atoms with Gasteiger partial charge in [0.1, 0.15) is 11.4 Å². The molecule has 2 aromatic heterocycles. The third kappa shape index (κ3) is 7.46. The number of rotatable bonds is 3. The molecule has 2 heterocycles. The second-order valence-electron chi connectivity index (χ2n) is 6.44. The van der Waals surface area contributed by atoms with Crippen LogP contribution in [0.1, 0.15) is 1.43 Å². The van der Waals surface area contributed by atoms with Crippen LogP contribution in [0, 0.1) is 0 Å². The van der Waals surface area contributed by atoms with Crippen molar-refractivity contribution in [2.45, 2.75) is 0 Å². The Hall–Kier alpha value is -3.12. The van der Waals surface area contributed by atoms with Crippen LogP contribution in [0.2, 0.25) is 0 Å². The smallest absolute Gasteiger partial charge is 0.423 e. The zero-order chi connectivity index (χ0) is 23.5. The largest absolute Gasteiger partial charge is 0.488 e. The molecule has 0 radical (unpaired) electrons. The molecule has 0 saturated carbocycles. The minimum absolute atomic E-state index is 0. The molecular formula is C22H21BBr2N6O2. The van der Waals surface area contributed by atoms with Gasteiger partial charge in [0.15, 0.2) is 9.21 Å². The summed E-state index contributed by atoms with van der Waals surface area (Å²) in [5.74, 6) is 0. The molecule has 3 aromatic carbocycles. The van der Waals surface area contributed by atoms with Gasteiger partial charge in [-0.1, -0.05) is 91.0 Å². The van der Waals surface area contributed by atoms with Gasteiger partial charge in [-0.3, -0.25) is 0 Å². The monoisotopic (exact) mass is 571 g/mol. The minimum Gasteiger partial charge on any atom is -0.423 e. The van der Waals surface area contributed by atoms with Crippen molar-refractivity contribution in [3.63, 3.8) is 0 Å². The van der Waals surface area contributed by atoms with E-state index in [4.69, 9.17) is 10.0 Å². The molecule has 5 aromatic rings. The second kappa shape index (κ2) is 12.8. The molecule has 0 aliphatic rings. The van der Waals surface area contributed by atoms with Gasteiger partial charge in [0, 0.05) is 12.6 Å². The quantitative estimate of drug-likeness (QED) is 0.242. The Balaban J connectivity index is 0.000000203. The summed E-state index contributed by atoms with van der Waals surface area (Å²) in [5, 5.41) is 38.0. The Labute approximate surface area is 209 Å². The maximum atomic E-state index is 8.58. The van der Waals surface area contributed by atoms with Gasteiger partial charge in [-0.25, -0.2) is 0 Å². The highest BCUT2D eigenvalue weighted by Gasteiger charge is 2.11. The van der Waals surface area contributed by atoms with Gasteiger partial charge in [0.25, 0.3) is 0 Å². The molecular weight excluding hydrogens is 551 g/mol. The van der Waals surface area contributed by atoms with Crippen LogP contribution < -0.4 is 5.46 Å². The van der Waals surface area contributed by atoms with Crippen molar-refractivity contribution in [1.29, 1.82) is 0 Å². The lowest BCUT2D eigenvalue weighted by molar-refractivity contribution is 0.426. The molecule has 5 rings (SSSR count). The molecule has 8 nitrogen and oxygen atoms in total. The summed E-state index contributed by atoms with van der Waals surface area (Å²) in [6, 6.07) is 28.8. The van der Waals surface area contributed by atoms with Crippen LogP contribution in [-0.4, -0.2) is 48.0 Å². The lowest BCUT2D eigenvalue weighted by atomic mass is 9.81. The second-order valence-corrected chi connectivity index (χ2v) is 7.94. The molecule has 0 spiro atoms. The Morgan fingerprint density at radius 2 is 0.939 bits per heavy atom. The van der Waals surface area contributed by atoms with E-state index in [9.17, 15) is 0 Å². The summed E-state index contributed by atoms with van der Waals surface area (Å²) < 4.78 is 1.40. The third-order valence-corrected chi connectivity index (χ3v) is 5.84. The topological polar surface area (TPSA) is 124 Å². The molecule has 0 bridgehead atoms. The van der Waals surface area contributed by atoms with Crippen molar-refractivity contribution in [3.8, 4) is 22.5 Å². The lowest BCUT2D eigenvalue weighted by Gasteiger charge is -2.00. The van der Waals surface area contributed by atoms with Crippen LogP contribution >= 0.6 is 31.9 Å². The molecule has 0 saturated heterocycles. The number of nitrogens with zero attached hydrogens (tertiary/aromatic N) is 4. The van der Waals surface area contributed by atoms with Crippen molar-refractivity contribution in [2.75, 3.05) is 0 Å². The summed E-state index contributed by atoms with van der Waals surface area (Å²) in [7, 11) is -1.34. The van der Waals surface area contributed by atoms with Gasteiger partial charge in [-0.05, 0) is 37.3 Å². The lowest BCUT2D eigenvalue weighted by Crippen LogP contribution is -2.29. The number of benzene rings is 3. The van der Waals surface area contributed by atoms with Crippen LogP contribution in [0.5, 0.6) is 0 Å². The fourth-order valence-electron chi connectivity index (χ4n) is 2.66. The first-order chi connectivity index (χ1) is 16.1. The van der Waals surface area contributed by atoms with E-state index < -0.39 is 7.12 Å². The Morgan fingerprint density at radius 3 is 1.24 bits per heavy atom. The van der Waals surface area contributed by atoms with E-state index in [1.54, 1.807) is 24.3 Å². The molecule has 0 unspecified atom stereocenters. The van der Waals surface area contributed by atoms with Crippen LogP contribution in [0.25, 0.3) is 22.5 Å². The predicted molar refractivity (Wildman–Crippen MR) is 137 cm³/mol. The summed E-state index contributed by atoms with van der Waals surface area (Å²) >= 11 is 6.23. The molecule has 0 aliphatic heterocycles. The Bertz CT molecular complexity index is 1160. The minimum atomic E-state index is -1.34. The highest BCUT2D eigenvalue weighted by molar-refractivity contribution is 9.13. The average molecular weight is 573 g/mol. The molecule has 0 aliphatic carbocycles. The zero-order valence-electron chi connectivity index (χ0n) is 17.2. The van der Waals surface area contributed by atoms with Crippen molar-refractivity contribution in [3.05, 3.63) is 100 Å². The molecule has 33 heavy (non-hydrogen) atoms. The van der Waals surface area contributed by atoms with E-state index in [-0.39, 0.29) is 1.43 Å². The van der Waals surface area contributed by atoms with Crippen molar-refractivity contribution < 1.29 is 11.5 Å². The van der Waals surface area contributed by atoms with E-state index >= 15 is 0 Å². The standard InChI is InChI=1S/C14H11N3.C6H7BO2.C2HBr2N3.H2/c1-3-7-11(8-4-1)13-14(16-17-15-13)12-9-5-2-6-10-12;8-7(9)6-4-2-1-3-5-6;3-1-2(4)6-7-5-1;/h1-10H,(H,15,16,17);1-5,8-9H;(H,5,6,7);1H/i;;;1+1. The summed E-state index contributed by atoms with van der Waals surface area (Å²) in [4.78, 5) is 0. The van der Waals surface area contributed by atoms with Crippen molar-refractivity contribution in [1.82, 2.24) is 30.8 Å². The normalized spacial score (nSPS) is 9.82. The van der Waals surface area contributed by atoms with E-state index in [2.05, 4.69) is 62.7 Å². The molecule has 4 N–H and O–H groups in total. The summed E-state index contributed by atoms with van der Waals surface area (Å²) in [6.07, 6.45) is 0. The van der Waals surface area contributed by atoms with Crippen molar-refractivity contribution in [2.24, 2.45) is 0 Å². The summed E-state index contributed by atoms with van der Waals surface area (Å²) in [5.41, 5.74) is 4.44. The number of nitrogens with one attached hydrogen (secondary N) is 2.